The van der Waals surface area contributed by atoms with E-state index in [4.69, 9.17) is 0 Å². The number of carbonyl (C=O) groups excluding carboxylic acids is 1. The molecule has 2 aromatic carbocycles. The fraction of sp³-hybridized carbons (Fsp3) is 0.167. The van der Waals surface area contributed by atoms with Crippen LogP contribution in [0.5, 0.6) is 0 Å². The SMILES string of the molecule is Cc1ccc(-c2nc(SC(C)C(=O)c3cc(F)ccc3F)n[nH]2)cc1. The van der Waals surface area contributed by atoms with Crippen LogP contribution in [0.25, 0.3) is 11.4 Å². The summed E-state index contributed by atoms with van der Waals surface area (Å²) in [5, 5.41) is 6.61. The number of aryl methyl sites for hydroxylation is 1. The Labute approximate surface area is 147 Å². The minimum absolute atomic E-state index is 0.269. The maximum atomic E-state index is 13.7. The molecule has 128 valence electrons. The predicted molar refractivity (Wildman–Crippen MR) is 92.6 cm³/mol. The highest BCUT2D eigenvalue weighted by Crippen LogP contribution is 2.26. The van der Waals surface area contributed by atoms with Crippen molar-refractivity contribution in [2.45, 2.75) is 24.3 Å². The van der Waals surface area contributed by atoms with Gasteiger partial charge in [-0.1, -0.05) is 41.6 Å². The zero-order valence-corrected chi connectivity index (χ0v) is 14.4. The van der Waals surface area contributed by atoms with Crippen LogP contribution in [0.15, 0.2) is 47.6 Å². The summed E-state index contributed by atoms with van der Waals surface area (Å²) in [6.07, 6.45) is 0. The Morgan fingerprint density at radius 2 is 1.88 bits per heavy atom. The lowest BCUT2D eigenvalue weighted by Gasteiger charge is -2.08. The molecule has 3 rings (SSSR count). The maximum Gasteiger partial charge on any atom is 0.209 e. The highest BCUT2D eigenvalue weighted by Gasteiger charge is 2.22. The van der Waals surface area contributed by atoms with Gasteiger partial charge in [-0.05, 0) is 32.0 Å². The van der Waals surface area contributed by atoms with Crippen LogP contribution >= 0.6 is 11.8 Å². The molecule has 4 nitrogen and oxygen atoms in total. The molecular weight excluding hydrogens is 344 g/mol. The van der Waals surface area contributed by atoms with Gasteiger partial charge in [0.2, 0.25) is 5.16 Å². The highest BCUT2D eigenvalue weighted by molar-refractivity contribution is 8.00. The van der Waals surface area contributed by atoms with E-state index in [1.807, 2.05) is 31.2 Å². The number of nitrogens with zero attached hydrogens (tertiary/aromatic N) is 2. The molecule has 7 heteroatoms. The number of nitrogens with one attached hydrogen (secondary N) is 1. The molecule has 0 saturated heterocycles. The predicted octanol–water partition coefficient (Wildman–Crippen LogP) is 4.42. The van der Waals surface area contributed by atoms with Crippen molar-refractivity contribution in [1.29, 1.82) is 0 Å². The van der Waals surface area contributed by atoms with Gasteiger partial charge < -0.3 is 0 Å². The first-order chi connectivity index (χ1) is 11.9. The molecule has 0 fully saturated rings. The quantitative estimate of drug-likeness (QED) is 0.541. The first kappa shape index (κ1) is 17.3. The Balaban J connectivity index is 1.75. The molecule has 3 aromatic rings. The summed E-state index contributed by atoms with van der Waals surface area (Å²) in [7, 11) is 0. The minimum atomic E-state index is -0.741. The molecule has 0 amide bonds. The van der Waals surface area contributed by atoms with Crippen molar-refractivity contribution in [3.63, 3.8) is 0 Å². The van der Waals surface area contributed by atoms with Crippen molar-refractivity contribution >= 4 is 17.5 Å². The Kier molecular flexibility index (Phi) is 4.94. The summed E-state index contributed by atoms with van der Waals surface area (Å²) < 4.78 is 27.0. The molecule has 1 N–H and O–H groups in total. The van der Waals surface area contributed by atoms with Gasteiger partial charge in [-0.25, -0.2) is 13.8 Å². The number of benzene rings is 2. The van der Waals surface area contributed by atoms with Gasteiger partial charge in [-0.3, -0.25) is 9.89 Å². The average Bonchev–Trinajstić information content (AvgIpc) is 3.05. The summed E-state index contributed by atoms with van der Waals surface area (Å²) in [5.74, 6) is -1.32. The fourth-order valence-electron chi connectivity index (χ4n) is 2.26. The lowest BCUT2D eigenvalue weighted by Crippen LogP contribution is -2.15. The number of aromatic amines is 1. The third kappa shape index (κ3) is 3.93. The zero-order chi connectivity index (χ0) is 18.0. The Hall–Kier alpha value is -2.54. The third-order valence-corrected chi connectivity index (χ3v) is 4.60. The van der Waals surface area contributed by atoms with Crippen LogP contribution in [0.3, 0.4) is 0 Å². The lowest BCUT2D eigenvalue weighted by atomic mass is 10.1. The molecule has 1 atom stereocenters. The Morgan fingerprint density at radius 1 is 1.16 bits per heavy atom. The molecule has 0 aliphatic heterocycles. The highest BCUT2D eigenvalue weighted by atomic mass is 32.2. The summed E-state index contributed by atoms with van der Waals surface area (Å²) in [6, 6.07) is 10.6. The fourth-order valence-corrected chi connectivity index (χ4v) is 3.05. The van der Waals surface area contributed by atoms with Crippen molar-refractivity contribution in [3.05, 3.63) is 65.2 Å². The summed E-state index contributed by atoms with van der Waals surface area (Å²) in [5.41, 5.74) is 1.74. The van der Waals surface area contributed by atoms with E-state index < -0.39 is 22.7 Å². The van der Waals surface area contributed by atoms with Gasteiger partial charge in [0.25, 0.3) is 0 Å². The van der Waals surface area contributed by atoms with E-state index in [1.165, 1.54) is 0 Å². The number of Topliss-reactive ketones (excluding diaryl/α,β-unsaturated/α-hetero) is 1. The van der Waals surface area contributed by atoms with Gasteiger partial charge in [-0.2, -0.15) is 0 Å². The van der Waals surface area contributed by atoms with Crippen molar-refractivity contribution in [1.82, 2.24) is 15.2 Å². The number of H-pyrrole nitrogens is 1. The second-order valence-electron chi connectivity index (χ2n) is 5.58. The van der Waals surface area contributed by atoms with E-state index in [0.29, 0.717) is 11.0 Å². The molecule has 1 heterocycles. The average molecular weight is 359 g/mol. The van der Waals surface area contributed by atoms with E-state index in [1.54, 1.807) is 6.92 Å². The third-order valence-electron chi connectivity index (χ3n) is 3.64. The van der Waals surface area contributed by atoms with Gasteiger partial charge in [-0.15, -0.1) is 5.10 Å². The van der Waals surface area contributed by atoms with Crippen LogP contribution in [-0.2, 0) is 0 Å². The number of rotatable bonds is 5. The van der Waals surface area contributed by atoms with E-state index >= 15 is 0 Å². The summed E-state index contributed by atoms with van der Waals surface area (Å²) in [4.78, 5) is 16.7. The number of thioether (sulfide) groups is 1. The minimum Gasteiger partial charge on any atom is -0.293 e. The molecular formula is C18H15F2N3OS. The number of hydrogen-bond acceptors (Lipinski definition) is 4. The smallest absolute Gasteiger partial charge is 0.209 e. The topological polar surface area (TPSA) is 58.6 Å². The molecule has 0 bridgehead atoms. The van der Waals surface area contributed by atoms with Crippen LogP contribution in [-0.4, -0.2) is 26.2 Å². The zero-order valence-electron chi connectivity index (χ0n) is 13.6. The van der Waals surface area contributed by atoms with Crippen LogP contribution in [0, 0.1) is 18.6 Å². The molecule has 0 radical (unpaired) electrons. The van der Waals surface area contributed by atoms with E-state index in [0.717, 1.165) is 41.1 Å². The molecule has 0 saturated carbocycles. The Bertz CT molecular complexity index is 909. The number of hydrogen-bond donors (Lipinski definition) is 1. The van der Waals surface area contributed by atoms with Crippen molar-refractivity contribution in [3.8, 4) is 11.4 Å². The first-order valence-electron chi connectivity index (χ1n) is 7.59. The van der Waals surface area contributed by atoms with Crippen LogP contribution in [0.1, 0.15) is 22.8 Å². The van der Waals surface area contributed by atoms with Crippen molar-refractivity contribution in [2.75, 3.05) is 0 Å². The molecule has 25 heavy (non-hydrogen) atoms. The number of ketones is 1. The molecule has 1 aromatic heterocycles. The van der Waals surface area contributed by atoms with Gasteiger partial charge >= 0.3 is 0 Å². The van der Waals surface area contributed by atoms with Gasteiger partial charge in [0.05, 0.1) is 10.8 Å². The normalized spacial score (nSPS) is 12.2. The Morgan fingerprint density at radius 3 is 2.60 bits per heavy atom. The maximum absolute atomic E-state index is 13.7. The lowest BCUT2D eigenvalue weighted by molar-refractivity contribution is 0.0989. The van der Waals surface area contributed by atoms with E-state index in [9.17, 15) is 13.6 Å². The van der Waals surface area contributed by atoms with Crippen molar-refractivity contribution < 1.29 is 13.6 Å². The van der Waals surface area contributed by atoms with Gasteiger partial charge in [0, 0.05) is 5.56 Å². The van der Waals surface area contributed by atoms with Crippen LogP contribution in [0.2, 0.25) is 0 Å². The summed E-state index contributed by atoms with van der Waals surface area (Å²) >= 11 is 1.09. The van der Waals surface area contributed by atoms with Crippen LogP contribution < -0.4 is 0 Å². The standard InChI is InChI=1S/C18H15F2N3OS/c1-10-3-5-12(6-4-10)17-21-18(23-22-17)25-11(2)16(24)14-9-13(19)7-8-15(14)20/h3-9,11H,1-2H3,(H,21,22,23). The first-order valence-corrected chi connectivity index (χ1v) is 8.47. The number of aromatic nitrogens is 3. The van der Waals surface area contributed by atoms with Gasteiger partial charge in [0.1, 0.15) is 11.6 Å². The van der Waals surface area contributed by atoms with Crippen molar-refractivity contribution in [2.24, 2.45) is 0 Å². The van der Waals surface area contributed by atoms with Gasteiger partial charge in [0.15, 0.2) is 11.6 Å². The van der Waals surface area contributed by atoms with E-state index in [-0.39, 0.29) is 5.56 Å². The monoisotopic (exact) mass is 359 g/mol. The summed E-state index contributed by atoms with van der Waals surface area (Å²) in [6.45, 7) is 3.60. The number of carbonyl (C=O) groups is 1. The molecule has 0 aliphatic rings. The molecule has 1 unspecified atom stereocenters. The molecule has 0 spiro atoms. The second kappa shape index (κ2) is 7.14. The molecule has 0 aliphatic carbocycles. The largest absolute Gasteiger partial charge is 0.293 e. The second-order valence-corrected chi connectivity index (χ2v) is 6.89. The van der Waals surface area contributed by atoms with Crippen LogP contribution in [0.4, 0.5) is 8.78 Å². The number of halogens is 2. The van der Waals surface area contributed by atoms with E-state index in [2.05, 4.69) is 15.2 Å².